The van der Waals surface area contributed by atoms with E-state index in [4.69, 9.17) is 11.6 Å². The molecule has 0 unspecified atom stereocenters. The third-order valence-electron chi connectivity index (χ3n) is 3.13. The van der Waals surface area contributed by atoms with E-state index >= 15 is 0 Å². The Morgan fingerprint density at radius 2 is 1.65 bits per heavy atom. The molecule has 2 rings (SSSR count). The first-order chi connectivity index (χ1) is 12.2. The first-order valence-electron chi connectivity index (χ1n) is 7.07. The van der Waals surface area contributed by atoms with Crippen molar-refractivity contribution in [2.75, 3.05) is 0 Å². The van der Waals surface area contributed by atoms with Crippen LogP contribution in [0.5, 0.6) is 0 Å². The van der Waals surface area contributed by atoms with Crippen LogP contribution in [0.4, 0.5) is 17.6 Å². The van der Waals surface area contributed by atoms with Crippen molar-refractivity contribution in [2.45, 2.75) is 6.18 Å². The molecule has 0 aromatic heterocycles. The highest BCUT2D eigenvalue weighted by molar-refractivity contribution is 6.31. The number of alkyl halides is 3. The van der Waals surface area contributed by atoms with Crippen LogP contribution in [0.15, 0.2) is 48.5 Å². The van der Waals surface area contributed by atoms with Crippen LogP contribution < -0.4 is 10.9 Å². The van der Waals surface area contributed by atoms with E-state index in [-0.39, 0.29) is 11.1 Å². The monoisotopic (exact) mass is 386 g/mol. The van der Waals surface area contributed by atoms with E-state index in [2.05, 4.69) is 10.9 Å². The maximum absolute atomic E-state index is 12.8. The zero-order chi connectivity index (χ0) is 19.3. The van der Waals surface area contributed by atoms with Crippen molar-refractivity contribution in [2.24, 2.45) is 0 Å². The van der Waals surface area contributed by atoms with Crippen molar-refractivity contribution < 1.29 is 27.2 Å². The number of hydrazine groups is 1. The molecule has 0 spiro atoms. The molecule has 9 heteroatoms. The quantitative estimate of drug-likeness (QED) is 0.476. The van der Waals surface area contributed by atoms with Crippen LogP contribution in [0.3, 0.4) is 0 Å². The van der Waals surface area contributed by atoms with Gasteiger partial charge in [0.1, 0.15) is 5.82 Å². The number of carbonyl (C=O) groups is 2. The van der Waals surface area contributed by atoms with Crippen LogP contribution in [-0.4, -0.2) is 11.8 Å². The minimum atomic E-state index is -4.62. The first-order valence-corrected chi connectivity index (χ1v) is 7.45. The van der Waals surface area contributed by atoms with Crippen LogP contribution in [-0.2, 0) is 11.0 Å². The summed E-state index contributed by atoms with van der Waals surface area (Å²) in [6.45, 7) is 0. The fraction of sp³-hybridized carbons (Fsp3) is 0.0588. The van der Waals surface area contributed by atoms with Crippen molar-refractivity contribution in [3.63, 3.8) is 0 Å². The molecule has 0 atom stereocenters. The SMILES string of the molecule is O=C(/C=C/c1ccc(Cl)c(C(F)(F)F)c1)NNC(=O)c1ccc(F)cc1. The average Bonchev–Trinajstić information content (AvgIpc) is 2.58. The van der Waals surface area contributed by atoms with Crippen LogP contribution in [0.25, 0.3) is 6.08 Å². The number of rotatable bonds is 3. The summed E-state index contributed by atoms with van der Waals surface area (Å²) in [4.78, 5) is 23.3. The highest BCUT2D eigenvalue weighted by atomic mass is 35.5. The smallest absolute Gasteiger partial charge is 0.268 e. The largest absolute Gasteiger partial charge is 0.417 e. The summed E-state index contributed by atoms with van der Waals surface area (Å²) in [5, 5.41) is -0.453. The van der Waals surface area contributed by atoms with E-state index in [1.54, 1.807) is 0 Å². The lowest BCUT2D eigenvalue weighted by atomic mass is 10.1. The molecule has 0 bridgehead atoms. The standard InChI is InChI=1S/C17H11ClF4N2O2/c18-14-7-1-10(9-13(14)17(20,21)22)2-8-15(25)23-24-16(26)11-3-5-12(19)6-4-11/h1-9H,(H,23,25)(H,24,26)/b8-2+. The van der Waals surface area contributed by atoms with Gasteiger partial charge in [0.05, 0.1) is 10.6 Å². The zero-order valence-corrected chi connectivity index (χ0v) is 13.7. The van der Waals surface area contributed by atoms with Gasteiger partial charge in [-0.1, -0.05) is 17.7 Å². The number of hydrogen-bond donors (Lipinski definition) is 2. The summed E-state index contributed by atoms with van der Waals surface area (Å²) in [5.74, 6) is -1.98. The summed E-state index contributed by atoms with van der Waals surface area (Å²) in [6, 6.07) is 7.77. The van der Waals surface area contributed by atoms with Gasteiger partial charge in [0.25, 0.3) is 11.8 Å². The van der Waals surface area contributed by atoms with Crippen molar-refractivity contribution >= 4 is 29.5 Å². The Labute approximate surface area is 150 Å². The highest BCUT2D eigenvalue weighted by Crippen LogP contribution is 2.35. The molecule has 0 fully saturated rings. The summed E-state index contributed by atoms with van der Waals surface area (Å²) < 4.78 is 51.1. The lowest BCUT2D eigenvalue weighted by Crippen LogP contribution is -2.40. The molecule has 0 aliphatic rings. The molecule has 0 radical (unpaired) electrons. The normalized spacial score (nSPS) is 11.4. The lowest BCUT2D eigenvalue weighted by Gasteiger charge is -2.09. The molecule has 0 saturated heterocycles. The van der Waals surface area contributed by atoms with Crippen molar-refractivity contribution in [1.82, 2.24) is 10.9 Å². The second-order valence-corrected chi connectivity index (χ2v) is 5.43. The van der Waals surface area contributed by atoms with E-state index < -0.39 is 34.4 Å². The van der Waals surface area contributed by atoms with Crippen LogP contribution in [0.1, 0.15) is 21.5 Å². The number of carbonyl (C=O) groups excluding carboxylic acids is 2. The minimum Gasteiger partial charge on any atom is -0.268 e. The summed E-state index contributed by atoms with van der Waals surface area (Å²) in [6.07, 6.45) is -2.55. The van der Waals surface area contributed by atoms with Crippen LogP contribution >= 0.6 is 11.6 Å². The fourth-order valence-corrected chi connectivity index (χ4v) is 2.09. The number of benzene rings is 2. The summed E-state index contributed by atoms with van der Waals surface area (Å²) in [7, 11) is 0. The summed E-state index contributed by atoms with van der Waals surface area (Å²) >= 11 is 5.50. The summed E-state index contributed by atoms with van der Waals surface area (Å²) in [5.41, 5.74) is 3.33. The fourth-order valence-electron chi connectivity index (χ4n) is 1.87. The Morgan fingerprint density at radius 1 is 1.00 bits per heavy atom. The Morgan fingerprint density at radius 3 is 2.27 bits per heavy atom. The van der Waals surface area contributed by atoms with Crippen molar-refractivity contribution in [3.05, 3.63) is 76.1 Å². The van der Waals surface area contributed by atoms with E-state index in [0.29, 0.717) is 0 Å². The Bertz CT molecular complexity index is 849. The topological polar surface area (TPSA) is 58.2 Å². The highest BCUT2D eigenvalue weighted by Gasteiger charge is 2.33. The van der Waals surface area contributed by atoms with Gasteiger partial charge >= 0.3 is 6.18 Å². The predicted molar refractivity (Wildman–Crippen MR) is 87.5 cm³/mol. The molecule has 136 valence electrons. The van der Waals surface area contributed by atoms with Gasteiger partial charge in [0.2, 0.25) is 0 Å². The van der Waals surface area contributed by atoms with E-state index in [1.807, 2.05) is 0 Å². The zero-order valence-electron chi connectivity index (χ0n) is 12.9. The lowest BCUT2D eigenvalue weighted by molar-refractivity contribution is -0.137. The maximum Gasteiger partial charge on any atom is 0.417 e. The van der Waals surface area contributed by atoms with E-state index in [9.17, 15) is 27.2 Å². The molecule has 0 aliphatic heterocycles. The third kappa shape index (κ3) is 5.32. The van der Waals surface area contributed by atoms with Crippen LogP contribution in [0, 0.1) is 5.82 Å². The Kier molecular flexibility index (Phi) is 5.99. The molecule has 0 heterocycles. The van der Waals surface area contributed by atoms with E-state index in [1.165, 1.54) is 18.2 Å². The van der Waals surface area contributed by atoms with E-state index in [0.717, 1.165) is 36.4 Å². The molecular formula is C17H11ClF4N2O2. The van der Waals surface area contributed by atoms with Crippen molar-refractivity contribution in [1.29, 1.82) is 0 Å². The molecule has 2 aromatic rings. The minimum absolute atomic E-state index is 0.0988. The predicted octanol–water partition coefficient (Wildman–Crippen LogP) is 3.97. The van der Waals surface area contributed by atoms with Gasteiger partial charge in [0.15, 0.2) is 0 Å². The Hall–Kier alpha value is -2.87. The molecule has 4 nitrogen and oxygen atoms in total. The number of halogens is 5. The molecule has 2 N–H and O–H groups in total. The van der Waals surface area contributed by atoms with Gasteiger partial charge in [-0.15, -0.1) is 0 Å². The van der Waals surface area contributed by atoms with Crippen LogP contribution in [0.2, 0.25) is 5.02 Å². The second kappa shape index (κ2) is 8.01. The third-order valence-corrected chi connectivity index (χ3v) is 3.46. The van der Waals surface area contributed by atoms with Gasteiger partial charge < -0.3 is 0 Å². The van der Waals surface area contributed by atoms with Gasteiger partial charge in [0, 0.05) is 11.6 Å². The first kappa shape index (κ1) is 19.5. The van der Waals surface area contributed by atoms with Gasteiger partial charge in [-0.05, 0) is 48.0 Å². The van der Waals surface area contributed by atoms with Gasteiger partial charge in [-0.25, -0.2) is 4.39 Å². The average molecular weight is 387 g/mol. The molecule has 0 aliphatic carbocycles. The number of nitrogens with one attached hydrogen (secondary N) is 2. The second-order valence-electron chi connectivity index (χ2n) is 5.02. The Balaban J connectivity index is 1.97. The number of hydrogen-bond acceptors (Lipinski definition) is 2. The molecule has 26 heavy (non-hydrogen) atoms. The molecule has 2 aromatic carbocycles. The van der Waals surface area contributed by atoms with Crippen molar-refractivity contribution in [3.8, 4) is 0 Å². The maximum atomic E-state index is 12.8. The van der Waals surface area contributed by atoms with Gasteiger partial charge in [-0.2, -0.15) is 13.2 Å². The molecule has 0 saturated carbocycles. The molecule has 2 amide bonds. The molecular weight excluding hydrogens is 376 g/mol. The number of amides is 2. The van der Waals surface area contributed by atoms with Gasteiger partial charge in [-0.3, -0.25) is 20.4 Å².